The van der Waals surface area contributed by atoms with Gasteiger partial charge in [-0.25, -0.2) is 0 Å². The largest absolute Gasteiger partial charge is 0.351 e. The number of piperazine rings is 1. The highest BCUT2D eigenvalue weighted by Gasteiger charge is 2.38. The molecule has 2 atom stereocenters. The van der Waals surface area contributed by atoms with Crippen molar-refractivity contribution in [1.29, 1.82) is 0 Å². The van der Waals surface area contributed by atoms with Crippen LogP contribution in [-0.4, -0.2) is 47.3 Å². The summed E-state index contributed by atoms with van der Waals surface area (Å²) in [5.41, 5.74) is 0.851. The molecule has 4 heteroatoms. The van der Waals surface area contributed by atoms with Crippen molar-refractivity contribution in [2.24, 2.45) is 0 Å². The molecule has 2 fully saturated rings. The van der Waals surface area contributed by atoms with Gasteiger partial charge in [-0.05, 0) is 26.0 Å². The minimum absolute atomic E-state index is 0.640. The Balaban J connectivity index is 0.000000220. The lowest BCUT2D eigenvalue weighted by Crippen LogP contribution is -2.52. The van der Waals surface area contributed by atoms with Gasteiger partial charge in [0.05, 0.1) is 11.8 Å². The van der Waals surface area contributed by atoms with E-state index in [9.17, 15) is 0 Å². The van der Waals surface area contributed by atoms with E-state index in [0.29, 0.717) is 12.1 Å². The Morgan fingerprint density at radius 1 is 1.04 bits per heavy atom. The van der Waals surface area contributed by atoms with Crippen LogP contribution in [0.5, 0.6) is 0 Å². The summed E-state index contributed by atoms with van der Waals surface area (Å²) in [6, 6.07) is 15.1. The van der Waals surface area contributed by atoms with E-state index in [2.05, 4.69) is 33.0 Å². The Morgan fingerprint density at radius 3 is 2.13 bits per heavy atom. The van der Waals surface area contributed by atoms with Crippen LogP contribution in [0.4, 0.5) is 5.82 Å². The van der Waals surface area contributed by atoms with Gasteiger partial charge in [-0.3, -0.25) is 4.90 Å². The Kier molecular flexibility index (Phi) is 4.89. The highest BCUT2D eigenvalue weighted by Crippen LogP contribution is 2.31. The first-order valence-electron chi connectivity index (χ1n) is 8.05. The van der Waals surface area contributed by atoms with Gasteiger partial charge in [0.1, 0.15) is 0 Å². The summed E-state index contributed by atoms with van der Waals surface area (Å²) >= 11 is 0. The normalized spacial score (nSPS) is 22.9. The molecule has 0 spiro atoms. The van der Waals surface area contributed by atoms with Crippen LogP contribution in [0.1, 0.15) is 18.4 Å². The van der Waals surface area contributed by atoms with Crippen LogP contribution in [0.2, 0.25) is 0 Å². The van der Waals surface area contributed by atoms with Crippen LogP contribution >= 0.6 is 0 Å². The first-order chi connectivity index (χ1) is 11.3. The van der Waals surface area contributed by atoms with Crippen molar-refractivity contribution in [3.05, 3.63) is 54.2 Å². The molecule has 0 N–H and O–H groups in total. The maximum absolute atomic E-state index is 5.51. The molecule has 1 aromatic carbocycles. The zero-order chi connectivity index (χ0) is 16.1. The molecule has 118 valence electrons. The predicted octanol–water partition coefficient (Wildman–Crippen LogP) is 2.43. The van der Waals surface area contributed by atoms with Crippen molar-refractivity contribution in [3.63, 3.8) is 0 Å². The van der Waals surface area contributed by atoms with E-state index < -0.39 is 0 Å². The summed E-state index contributed by atoms with van der Waals surface area (Å²) in [5, 5.41) is 8.17. The second kappa shape index (κ2) is 7.26. The molecule has 23 heavy (non-hydrogen) atoms. The summed E-state index contributed by atoms with van der Waals surface area (Å²) in [7, 11) is 2.22. The van der Waals surface area contributed by atoms with Crippen molar-refractivity contribution in [2.45, 2.75) is 24.9 Å². The summed E-state index contributed by atoms with van der Waals surface area (Å²) in [5.74, 6) is 3.57. The highest BCUT2D eigenvalue weighted by atomic mass is 15.3. The minimum atomic E-state index is 0.640. The maximum atomic E-state index is 5.51. The van der Waals surface area contributed by atoms with Crippen molar-refractivity contribution >= 4 is 5.82 Å². The third kappa shape index (κ3) is 3.52. The standard InChI is InChI=1S/C13H16N4.C6H6/c1-3-10-6-7-14-15-13(10)17-8-11-4-5-12(9-17)16(11)2;1-2-4-6-5-3-1/h1,6-7,11-12H,4-5,8-9H2,2H3;1-6H. The minimum Gasteiger partial charge on any atom is -0.351 e. The number of nitrogens with zero attached hydrogens (tertiary/aromatic N) is 4. The molecule has 4 rings (SSSR count). The number of hydrogen-bond donors (Lipinski definition) is 0. The molecule has 0 aliphatic carbocycles. The zero-order valence-corrected chi connectivity index (χ0v) is 13.5. The highest BCUT2D eigenvalue weighted by molar-refractivity contribution is 5.54. The number of fused-ring (bicyclic) bond motifs is 2. The number of rotatable bonds is 1. The van der Waals surface area contributed by atoms with Crippen LogP contribution in [0.25, 0.3) is 0 Å². The number of anilines is 1. The van der Waals surface area contributed by atoms with E-state index in [4.69, 9.17) is 6.42 Å². The van der Waals surface area contributed by atoms with E-state index in [1.807, 2.05) is 42.5 Å². The van der Waals surface area contributed by atoms with E-state index in [1.54, 1.807) is 6.20 Å². The topological polar surface area (TPSA) is 32.3 Å². The number of hydrogen-bond acceptors (Lipinski definition) is 4. The first kappa shape index (κ1) is 15.5. The van der Waals surface area contributed by atoms with Gasteiger partial charge >= 0.3 is 0 Å². The molecule has 1 aromatic heterocycles. The molecule has 3 heterocycles. The molecule has 2 unspecified atom stereocenters. The second-order valence-electron chi connectivity index (χ2n) is 6.02. The quantitative estimate of drug-likeness (QED) is 0.758. The fraction of sp³-hybridized carbons (Fsp3) is 0.368. The average Bonchev–Trinajstić information content (AvgIpc) is 2.84. The third-order valence-electron chi connectivity index (χ3n) is 4.67. The van der Waals surface area contributed by atoms with E-state index in [0.717, 1.165) is 24.5 Å². The van der Waals surface area contributed by atoms with E-state index in [-0.39, 0.29) is 0 Å². The molecule has 2 saturated heterocycles. The first-order valence-corrected chi connectivity index (χ1v) is 8.05. The predicted molar refractivity (Wildman–Crippen MR) is 93.2 cm³/mol. The van der Waals surface area contributed by atoms with Crippen molar-refractivity contribution in [3.8, 4) is 12.3 Å². The second-order valence-corrected chi connectivity index (χ2v) is 6.02. The Labute approximate surface area is 138 Å². The molecule has 4 nitrogen and oxygen atoms in total. The third-order valence-corrected chi connectivity index (χ3v) is 4.67. The number of likely N-dealkylation sites (N-methyl/N-ethyl adjacent to an activating group) is 1. The number of benzene rings is 1. The van der Waals surface area contributed by atoms with Crippen LogP contribution in [0.3, 0.4) is 0 Å². The fourth-order valence-electron chi connectivity index (χ4n) is 3.34. The van der Waals surface area contributed by atoms with Gasteiger partial charge in [-0.2, -0.15) is 5.10 Å². The molecule has 2 aliphatic heterocycles. The SMILES string of the molecule is C#Cc1ccnnc1N1CC2CCC(C1)N2C.c1ccccc1. The maximum Gasteiger partial charge on any atom is 0.167 e. The van der Waals surface area contributed by atoms with Crippen molar-refractivity contribution in [2.75, 3.05) is 25.0 Å². The van der Waals surface area contributed by atoms with Gasteiger partial charge < -0.3 is 4.90 Å². The monoisotopic (exact) mass is 306 g/mol. The molecule has 2 aliphatic rings. The average molecular weight is 306 g/mol. The lowest BCUT2D eigenvalue weighted by atomic mass is 10.2. The van der Waals surface area contributed by atoms with Gasteiger partial charge in [0, 0.05) is 25.2 Å². The molecule has 0 saturated carbocycles. The molecule has 0 amide bonds. The molecule has 0 radical (unpaired) electrons. The Morgan fingerprint density at radius 2 is 1.61 bits per heavy atom. The van der Waals surface area contributed by atoms with Crippen molar-refractivity contribution < 1.29 is 0 Å². The number of terminal acetylenes is 1. The van der Waals surface area contributed by atoms with Crippen LogP contribution in [0.15, 0.2) is 48.7 Å². The Bertz CT molecular complexity index is 624. The molecular weight excluding hydrogens is 284 g/mol. The molecule has 2 aromatic rings. The van der Waals surface area contributed by atoms with E-state index in [1.165, 1.54) is 12.8 Å². The van der Waals surface area contributed by atoms with Crippen LogP contribution in [-0.2, 0) is 0 Å². The zero-order valence-electron chi connectivity index (χ0n) is 13.5. The van der Waals surface area contributed by atoms with Crippen molar-refractivity contribution in [1.82, 2.24) is 15.1 Å². The van der Waals surface area contributed by atoms with Gasteiger partial charge in [0.15, 0.2) is 5.82 Å². The summed E-state index contributed by atoms with van der Waals surface area (Å²) in [6.45, 7) is 2.03. The summed E-state index contributed by atoms with van der Waals surface area (Å²) in [6.07, 6.45) is 9.73. The van der Waals surface area contributed by atoms with Gasteiger partial charge in [0.2, 0.25) is 0 Å². The molecule has 2 bridgehead atoms. The van der Waals surface area contributed by atoms with Gasteiger partial charge in [-0.1, -0.05) is 42.3 Å². The summed E-state index contributed by atoms with van der Waals surface area (Å²) < 4.78 is 0. The molecular formula is C19H22N4. The van der Waals surface area contributed by atoms with Gasteiger partial charge in [-0.15, -0.1) is 11.5 Å². The number of aromatic nitrogens is 2. The lowest BCUT2D eigenvalue weighted by Gasteiger charge is -2.39. The van der Waals surface area contributed by atoms with Gasteiger partial charge in [0.25, 0.3) is 0 Å². The fourth-order valence-corrected chi connectivity index (χ4v) is 3.34. The van der Waals surface area contributed by atoms with Crippen LogP contribution in [0, 0.1) is 12.3 Å². The Hall–Kier alpha value is -2.38. The lowest BCUT2D eigenvalue weighted by molar-refractivity contribution is 0.211. The smallest absolute Gasteiger partial charge is 0.167 e. The van der Waals surface area contributed by atoms with Crippen LogP contribution < -0.4 is 4.90 Å². The summed E-state index contributed by atoms with van der Waals surface area (Å²) in [4.78, 5) is 4.78. The van der Waals surface area contributed by atoms with E-state index >= 15 is 0 Å².